The molecule has 4 nitrogen and oxygen atoms in total. The first-order valence-electron chi connectivity index (χ1n) is 7.53. The van der Waals surface area contributed by atoms with Gasteiger partial charge in [0.05, 0.1) is 6.61 Å². The summed E-state index contributed by atoms with van der Waals surface area (Å²) in [4.78, 5) is 0. The molecule has 1 fully saturated rings. The highest BCUT2D eigenvalue weighted by Crippen LogP contribution is 2.33. The van der Waals surface area contributed by atoms with Gasteiger partial charge >= 0.3 is 0 Å². The van der Waals surface area contributed by atoms with Gasteiger partial charge in [-0.3, -0.25) is 0 Å². The van der Waals surface area contributed by atoms with E-state index in [2.05, 4.69) is 12.2 Å². The highest BCUT2D eigenvalue weighted by atomic mass is 16.6. The van der Waals surface area contributed by atoms with E-state index in [1.165, 1.54) is 0 Å². The van der Waals surface area contributed by atoms with Gasteiger partial charge in [0.15, 0.2) is 11.5 Å². The molecule has 0 saturated heterocycles. The van der Waals surface area contributed by atoms with Crippen LogP contribution in [0.15, 0.2) is 24.3 Å². The van der Waals surface area contributed by atoms with E-state index < -0.39 is 0 Å². The molecule has 0 bridgehead atoms. The largest absolute Gasteiger partial charge is 0.490 e. The normalized spacial score (nSPS) is 25.1. The fraction of sp³-hybridized carbons (Fsp3) is 0.625. The number of benzene rings is 1. The Labute approximate surface area is 121 Å². The van der Waals surface area contributed by atoms with Crippen molar-refractivity contribution in [1.82, 2.24) is 5.32 Å². The van der Waals surface area contributed by atoms with Crippen molar-refractivity contribution in [3.05, 3.63) is 24.3 Å². The van der Waals surface area contributed by atoms with Gasteiger partial charge in [0, 0.05) is 19.1 Å². The number of para-hydroxylation sites is 2. The standard InChI is InChI=1S/C16H25NO3/c1-4-17-12-11-15(16(12)19-6-3)20-14-10-8-7-9-13(14)18-5-2/h7-10,12,15-17H,4-6,11H2,1-3H3. The topological polar surface area (TPSA) is 39.7 Å². The van der Waals surface area contributed by atoms with Crippen LogP contribution in [0.4, 0.5) is 0 Å². The van der Waals surface area contributed by atoms with Crippen molar-refractivity contribution in [1.29, 1.82) is 0 Å². The van der Waals surface area contributed by atoms with E-state index in [1.54, 1.807) is 0 Å². The average Bonchev–Trinajstić information content (AvgIpc) is 2.45. The van der Waals surface area contributed by atoms with Gasteiger partial charge in [0.25, 0.3) is 0 Å². The summed E-state index contributed by atoms with van der Waals surface area (Å²) in [6, 6.07) is 8.21. The molecule has 112 valence electrons. The number of rotatable bonds is 8. The van der Waals surface area contributed by atoms with Crippen LogP contribution >= 0.6 is 0 Å². The zero-order valence-electron chi connectivity index (χ0n) is 12.6. The molecule has 0 radical (unpaired) electrons. The zero-order valence-corrected chi connectivity index (χ0v) is 12.6. The van der Waals surface area contributed by atoms with Crippen LogP contribution in [0.2, 0.25) is 0 Å². The first kappa shape index (κ1) is 15.1. The van der Waals surface area contributed by atoms with Gasteiger partial charge < -0.3 is 19.5 Å². The molecule has 1 aliphatic carbocycles. The Morgan fingerprint density at radius 2 is 1.85 bits per heavy atom. The number of hydrogen-bond acceptors (Lipinski definition) is 4. The fourth-order valence-electron chi connectivity index (χ4n) is 2.56. The molecular formula is C16H25NO3. The molecule has 2 rings (SSSR count). The molecule has 4 heteroatoms. The summed E-state index contributed by atoms with van der Waals surface area (Å²) in [6.07, 6.45) is 1.19. The van der Waals surface area contributed by atoms with Crippen molar-refractivity contribution in [2.75, 3.05) is 19.8 Å². The van der Waals surface area contributed by atoms with Crippen LogP contribution in [0.5, 0.6) is 11.5 Å². The lowest BCUT2D eigenvalue weighted by molar-refractivity contribution is -0.104. The number of nitrogens with one attached hydrogen (secondary N) is 1. The van der Waals surface area contributed by atoms with Crippen LogP contribution in [0, 0.1) is 0 Å². The quantitative estimate of drug-likeness (QED) is 0.794. The highest BCUT2D eigenvalue weighted by molar-refractivity contribution is 5.39. The van der Waals surface area contributed by atoms with E-state index >= 15 is 0 Å². The van der Waals surface area contributed by atoms with E-state index in [4.69, 9.17) is 14.2 Å². The molecule has 3 unspecified atom stereocenters. The lowest BCUT2D eigenvalue weighted by Crippen LogP contribution is -2.61. The second-order valence-electron chi connectivity index (χ2n) is 4.86. The van der Waals surface area contributed by atoms with Gasteiger partial charge in [-0.05, 0) is 32.5 Å². The summed E-state index contributed by atoms with van der Waals surface area (Å²) in [5.74, 6) is 1.61. The first-order chi connectivity index (χ1) is 9.80. The SMILES string of the molecule is CCNC1CC(Oc2ccccc2OCC)C1OCC. The Hall–Kier alpha value is -1.26. The molecule has 0 aliphatic heterocycles. The van der Waals surface area contributed by atoms with Crippen molar-refractivity contribution in [3.63, 3.8) is 0 Å². The van der Waals surface area contributed by atoms with Crippen LogP contribution in [0.3, 0.4) is 0 Å². The van der Waals surface area contributed by atoms with Gasteiger partial charge in [-0.15, -0.1) is 0 Å². The van der Waals surface area contributed by atoms with Crippen molar-refractivity contribution in [2.45, 2.75) is 45.4 Å². The van der Waals surface area contributed by atoms with E-state index in [-0.39, 0.29) is 12.2 Å². The Balaban J connectivity index is 1.99. The molecule has 0 amide bonds. The maximum atomic E-state index is 6.09. The minimum absolute atomic E-state index is 0.0978. The Morgan fingerprint density at radius 3 is 2.50 bits per heavy atom. The lowest BCUT2D eigenvalue weighted by atomic mass is 9.85. The Bertz CT molecular complexity index is 410. The van der Waals surface area contributed by atoms with Gasteiger partial charge in [-0.25, -0.2) is 0 Å². The maximum Gasteiger partial charge on any atom is 0.161 e. The highest BCUT2D eigenvalue weighted by Gasteiger charge is 2.43. The molecule has 0 spiro atoms. The van der Waals surface area contributed by atoms with Crippen molar-refractivity contribution >= 4 is 0 Å². The minimum atomic E-state index is 0.0978. The summed E-state index contributed by atoms with van der Waals surface area (Å²) >= 11 is 0. The lowest BCUT2D eigenvalue weighted by Gasteiger charge is -2.44. The summed E-state index contributed by atoms with van der Waals surface area (Å²) < 4.78 is 17.5. The van der Waals surface area contributed by atoms with E-state index in [1.807, 2.05) is 38.1 Å². The Morgan fingerprint density at radius 1 is 1.10 bits per heavy atom. The summed E-state index contributed by atoms with van der Waals surface area (Å²) in [5.41, 5.74) is 0. The van der Waals surface area contributed by atoms with Crippen molar-refractivity contribution in [3.8, 4) is 11.5 Å². The van der Waals surface area contributed by atoms with Crippen LogP contribution in [-0.2, 0) is 4.74 Å². The van der Waals surface area contributed by atoms with E-state index in [0.717, 1.165) is 24.5 Å². The van der Waals surface area contributed by atoms with Crippen LogP contribution in [-0.4, -0.2) is 38.0 Å². The predicted molar refractivity (Wildman–Crippen MR) is 79.5 cm³/mol. The molecule has 0 aromatic heterocycles. The molecule has 1 saturated carbocycles. The number of ether oxygens (including phenoxy) is 3. The molecular weight excluding hydrogens is 254 g/mol. The number of likely N-dealkylation sites (N-methyl/N-ethyl adjacent to an activating group) is 1. The van der Waals surface area contributed by atoms with Gasteiger partial charge in [-0.2, -0.15) is 0 Å². The third-order valence-electron chi connectivity index (χ3n) is 3.50. The van der Waals surface area contributed by atoms with Crippen LogP contribution in [0.25, 0.3) is 0 Å². The van der Waals surface area contributed by atoms with Crippen molar-refractivity contribution in [2.24, 2.45) is 0 Å². The second-order valence-corrected chi connectivity index (χ2v) is 4.86. The molecule has 3 atom stereocenters. The molecule has 1 aromatic carbocycles. The van der Waals surface area contributed by atoms with Crippen molar-refractivity contribution < 1.29 is 14.2 Å². The summed E-state index contributed by atoms with van der Waals surface area (Å²) in [7, 11) is 0. The first-order valence-corrected chi connectivity index (χ1v) is 7.53. The van der Waals surface area contributed by atoms with Crippen LogP contribution < -0.4 is 14.8 Å². The zero-order chi connectivity index (χ0) is 14.4. The summed E-state index contributed by atoms with van der Waals surface area (Å²) in [6.45, 7) is 8.41. The third kappa shape index (κ3) is 3.44. The maximum absolute atomic E-state index is 6.09. The van der Waals surface area contributed by atoms with Crippen LogP contribution in [0.1, 0.15) is 27.2 Å². The smallest absolute Gasteiger partial charge is 0.161 e. The second kappa shape index (κ2) is 7.50. The molecule has 0 heterocycles. The fourth-order valence-corrected chi connectivity index (χ4v) is 2.56. The number of hydrogen-bond donors (Lipinski definition) is 1. The van der Waals surface area contributed by atoms with Gasteiger partial charge in [-0.1, -0.05) is 19.1 Å². The summed E-state index contributed by atoms with van der Waals surface area (Å²) in [5, 5.41) is 3.44. The average molecular weight is 279 g/mol. The molecule has 1 N–H and O–H groups in total. The third-order valence-corrected chi connectivity index (χ3v) is 3.50. The monoisotopic (exact) mass is 279 g/mol. The Kier molecular flexibility index (Phi) is 5.68. The van der Waals surface area contributed by atoms with Gasteiger partial charge in [0.1, 0.15) is 12.2 Å². The van der Waals surface area contributed by atoms with Gasteiger partial charge in [0.2, 0.25) is 0 Å². The van der Waals surface area contributed by atoms with E-state index in [9.17, 15) is 0 Å². The van der Waals surface area contributed by atoms with E-state index in [0.29, 0.717) is 19.3 Å². The predicted octanol–water partition coefficient (Wildman–Crippen LogP) is 2.62. The minimum Gasteiger partial charge on any atom is -0.490 e. The molecule has 1 aliphatic rings. The molecule has 1 aromatic rings. The molecule has 20 heavy (non-hydrogen) atoms.